The molecular weight excluding hydrogens is 376 g/mol. The molecule has 154 valence electrons. The molecule has 0 unspecified atom stereocenters. The highest BCUT2D eigenvalue weighted by molar-refractivity contribution is 5.97. The number of hydrogen-bond acceptors (Lipinski definition) is 6. The summed E-state index contributed by atoms with van der Waals surface area (Å²) in [5.74, 6) is -0.380. The number of benzene rings is 2. The lowest BCUT2D eigenvalue weighted by Crippen LogP contribution is -2.43. The Labute approximate surface area is 168 Å². The third kappa shape index (κ3) is 6.01. The van der Waals surface area contributed by atoms with Crippen LogP contribution in [0.4, 0.5) is 17.1 Å². The molecule has 0 saturated carbocycles. The fourth-order valence-electron chi connectivity index (χ4n) is 2.55. The van der Waals surface area contributed by atoms with Crippen molar-refractivity contribution >= 4 is 28.9 Å². The Kier molecular flexibility index (Phi) is 7.27. The molecule has 0 fully saturated rings. The van der Waals surface area contributed by atoms with E-state index < -0.39 is 16.9 Å². The van der Waals surface area contributed by atoms with E-state index in [9.17, 15) is 19.7 Å². The van der Waals surface area contributed by atoms with Crippen LogP contribution in [0.15, 0.2) is 42.5 Å². The molecule has 0 bridgehead atoms. The molecule has 2 aromatic rings. The van der Waals surface area contributed by atoms with Crippen LogP contribution in [0.3, 0.4) is 0 Å². The van der Waals surface area contributed by atoms with Crippen molar-refractivity contribution in [1.82, 2.24) is 4.90 Å². The van der Waals surface area contributed by atoms with Gasteiger partial charge < -0.3 is 15.4 Å². The minimum Gasteiger partial charge on any atom is -0.495 e. The Hall–Kier alpha value is -3.46. The number of carbonyl (C=O) groups excluding carboxylic acids is 2. The van der Waals surface area contributed by atoms with E-state index in [1.165, 1.54) is 25.3 Å². The molecule has 29 heavy (non-hydrogen) atoms. The first-order valence-corrected chi connectivity index (χ1v) is 8.91. The second-order valence-electron chi connectivity index (χ2n) is 6.64. The van der Waals surface area contributed by atoms with E-state index in [1.807, 2.05) is 19.1 Å². The van der Waals surface area contributed by atoms with Gasteiger partial charge in [0.1, 0.15) is 5.75 Å². The number of rotatable bonds is 8. The number of nitro benzene ring substituents is 1. The zero-order valence-electron chi connectivity index (χ0n) is 16.8. The number of ether oxygens (including phenoxy) is 1. The van der Waals surface area contributed by atoms with Gasteiger partial charge in [0.25, 0.3) is 5.69 Å². The van der Waals surface area contributed by atoms with Crippen molar-refractivity contribution in [2.75, 3.05) is 31.3 Å². The average Bonchev–Trinajstić information content (AvgIpc) is 2.68. The molecule has 0 heterocycles. The molecule has 2 rings (SSSR count). The summed E-state index contributed by atoms with van der Waals surface area (Å²) in [7, 11) is 3.05. The van der Waals surface area contributed by atoms with Gasteiger partial charge in [0.2, 0.25) is 11.8 Å². The standard InChI is InChI=1S/C20H24N4O5/c1-13-5-7-15(8-6-13)21-19(25)12-23(3)14(2)20(26)22-17-11-16(24(27)28)9-10-18(17)29-4/h5-11,14H,12H2,1-4H3,(H,21,25)(H,22,26)/t14-/m0/s1. The van der Waals surface area contributed by atoms with E-state index in [-0.39, 0.29) is 23.8 Å². The second kappa shape index (κ2) is 9.65. The molecule has 0 aliphatic rings. The predicted octanol–water partition coefficient (Wildman–Crippen LogP) is 2.81. The highest BCUT2D eigenvalue weighted by atomic mass is 16.6. The van der Waals surface area contributed by atoms with E-state index in [2.05, 4.69) is 10.6 Å². The van der Waals surface area contributed by atoms with Crippen LogP contribution < -0.4 is 15.4 Å². The molecule has 0 aromatic heterocycles. The van der Waals surface area contributed by atoms with Gasteiger partial charge >= 0.3 is 0 Å². The van der Waals surface area contributed by atoms with Gasteiger partial charge in [0.05, 0.1) is 30.3 Å². The van der Waals surface area contributed by atoms with Gasteiger partial charge in [-0.05, 0) is 39.1 Å². The lowest BCUT2D eigenvalue weighted by Gasteiger charge is -2.23. The van der Waals surface area contributed by atoms with Crippen LogP contribution in [-0.2, 0) is 9.59 Å². The molecule has 2 aromatic carbocycles. The van der Waals surface area contributed by atoms with Crippen LogP contribution in [0.1, 0.15) is 12.5 Å². The van der Waals surface area contributed by atoms with Gasteiger partial charge in [-0.3, -0.25) is 24.6 Å². The number of anilines is 2. The fraction of sp³-hybridized carbons (Fsp3) is 0.300. The molecule has 0 saturated heterocycles. The predicted molar refractivity (Wildman–Crippen MR) is 110 cm³/mol. The third-order valence-corrected chi connectivity index (χ3v) is 4.42. The summed E-state index contributed by atoms with van der Waals surface area (Å²) in [6, 6.07) is 10.7. The zero-order chi connectivity index (χ0) is 21.6. The third-order valence-electron chi connectivity index (χ3n) is 4.42. The Morgan fingerprint density at radius 1 is 1.17 bits per heavy atom. The van der Waals surface area contributed by atoms with Crippen LogP contribution >= 0.6 is 0 Å². The first-order valence-electron chi connectivity index (χ1n) is 8.91. The summed E-state index contributed by atoms with van der Waals surface area (Å²) < 4.78 is 5.15. The Balaban J connectivity index is 2.00. The summed E-state index contributed by atoms with van der Waals surface area (Å²) in [4.78, 5) is 36.8. The van der Waals surface area contributed by atoms with Crippen LogP contribution in [-0.4, -0.2) is 48.4 Å². The average molecular weight is 400 g/mol. The van der Waals surface area contributed by atoms with Gasteiger partial charge in [0, 0.05) is 17.8 Å². The summed E-state index contributed by atoms with van der Waals surface area (Å²) >= 11 is 0. The quantitative estimate of drug-likeness (QED) is 0.520. The maximum Gasteiger partial charge on any atom is 0.271 e. The number of non-ortho nitro benzene ring substituents is 1. The lowest BCUT2D eigenvalue weighted by molar-refractivity contribution is -0.384. The normalized spacial score (nSPS) is 11.6. The topological polar surface area (TPSA) is 114 Å². The maximum absolute atomic E-state index is 12.6. The van der Waals surface area contributed by atoms with E-state index in [0.717, 1.165) is 5.56 Å². The Morgan fingerprint density at radius 2 is 1.83 bits per heavy atom. The van der Waals surface area contributed by atoms with Crippen molar-refractivity contribution in [1.29, 1.82) is 0 Å². The van der Waals surface area contributed by atoms with Crippen molar-refractivity contribution in [3.8, 4) is 5.75 Å². The number of aryl methyl sites for hydroxylation is 1. The molecule has 2 amide bonds. The summed E-state index contributed by atoms with van der Waals surface area (Å²) in [6.45, 7) is 3.59. The van der Waals surface area contributed by atoms with Gasteiger partial charge in [-0.1, -0.05) is 17.7 Å². The smallest absolute Gasteiger partial charge is 0.271 e. The second-order valence-corrected chi connectivity index (χ2v) is 6.64. The largest absolute Gasteiger partial charge is 0.495 e. The zero-order valence-corrected chi connectivity index (χ0v) is 16.8. The molecule has 2 N–H and O–H groups in total. The van der Waals surface area contributed by atoms with Crippen molar-refractivity contribution in [2.45, 2.75) is 19.9 Å². The molecular formula is C20H24N4O5. The molecule has 1 atom stereocenters. The van der Waals surface area contributed by atoms with Crippen molar-refractivity contribution in [3.63, 3.8) is 0 Å². The van der Waals surface area contributed by atoms with E-state index >= 15 is 0 Å². The lowest BCUT2D eigenvalue weighted by atomic mass is 10.2. The summed E-state index contributed by atoms with van der Waals surface area (Å²) in [5, 5.41) is 16.4. The van der Waals surface area contributed by atoms with Gasteiger partial charge in [-0.25, -0.2) is 0 Å². The van der Waals surface area contributed by atoms with E-state index in [0.29, 0.717) is 11.4 Å². The summed E-state index contributed by atoms with van der Waals surface area (Å²) in [5.41, 5.74) is 1.78. The SMILES string of the molecule is COc1ccc([N+](=O)[O-])cc1NC(=O)[C@H](C)N(C)CC(=O)Nc1ccc(C)cc1. The van der Waals surface area contributed by atoms with Crippen molar-refractivity contribution in [3.05, 3.63) is 58.1 Å². The van der Waals surface area contributed by atoms with Crippen molar-refractivity contribution in [2.24, 2.45) is 0 Å². The molecule has 9 heteroatoms. The number of hydrogen-bond donors (Lipinski definition) is 2. The molecule has 9 nitrogen and oxygen atoms in total. The highest BCUT2D eigenvalue weighted by Gasteiger charge is 2.22. The molecule has 0 aliphatic carbocycles. The monoisotopic (exact) mass is 400 g/mol. The Bertz CT molecular complexity index is 898. The molecule has 0 radical (unpaired) electrons. The maximum atomic E-state index is 12.6. The number of likely N-dealkylation sites (N-methyl/N-ethyl adjacent to an activating group) is 1. The first kappa shape index (κ1) is 21.8. The number of carbonyl (C=O) groups is 2. The number of amides is 2. The van der Waals surface area contributed by atoms with Gasteiger partial charge in [-0.2, -0.15) is 0 Å². The minimum atomic E-state index is -0.664. The number of methoxy groups -OCH3 is 1. The van der Waals surface area contributed by atoms with E-state index in [1.54, 1.807) is 31.0 Å². The highest BCUT2D eigenvalue weighted by Crippen LogP contribution is 2.29. The number of nitrogens with one attached hydrogen (secondary N) is 2. The molecule has 0 spiro atoms. The molecule has 0 aliphatic heterocycles. The minimum absolute atomic E-state index is 0.00542. The summed E-state index contributed by atoms with van der Waals surface area (Å²) in [6.07, 6.45) is 0. The fourth-order valence-corrected chi connectivity index (χ4v) is 2.55. The first-order chi connectivity index (χ1) is 13.7. The number of nitro groups is 1. The van der Waals surface area contributed by atoms with Gasteiger partial charge in [-0.15, -0.1) is 0 Å². The van der Waals surface area contributed by atoms with E-state index in [4.69, 9.17) is 4.74 Å². The van der Waals surface area contributed by atoms with Crippen LogP contribution in [0.5, 0.6) is 5.75 Å². The number of nitrogens with zero attached hydrogens (tertiary/aromatic N) is 2. The van der Waals surface area contributed by atoms with Crippen LogP contribution in [0.25, 0.3) is 0 Å². The van der Waals surface area contributed by atoms with Gasteiger partial charge in [0.15, 0.2) is 0 Å². The van der Waals surface area contributed by atoms with Crippen LogP contribution in [0.2, 0.25) is 0 Å². The van der Waals surface area contributed by atoms with Crippen molar-refractivity contribution < 1.29 is 19.2 Å². The van der Waals surface area contributed by atoms with Crippen LogP contribution in [0, 0.1) is 17.0 Å². The Morgan fingerprint density at radius 3 is 2.41 bits per heavy atom.